The Morgan fingerprint density at radius 2 is 2.18 bits per heavy atom. The fraction of sp³-hybridized carbons (Fsp3) is 0.500. The van der Waals surface area contributed by atoms with Gasteiger partial charge >= 0.3 is 0 Å². The molecule has 0 heterocycles. The highest BCUT2D eigenvalue weighted by atomic mass is 14.3. The second kappa shape index (κ2) is 5.73. The highest BCUT2D eigenvalue weighted by molar-refractivity contribution is 5.25. The minimum atomic E-state index is 0.0659. The highest BCUT2D eigenvalue weighted by Gasteiger charge is 2.05. The average Bonchev–Trinajstić information content (AvgIpc) is 2.05. The Kier molecular flexibility index (Phi) is 5.20. The zero-order valence-corrected chi connectivity index (χ0v) is 7.46. The smallest absolute Gasteiger partial charge is 0.0706 e. The van der Waals surface area contributed by atoms with Crippen molar-refractivity contribution in [1.82, 2.24) is 0 Å². The monoisotopic (exact) mass is 149 g/mol. The maximum Gasteiger partial charge on any atom is 0.0706 e. The van der Waals surface area contributed by atoms with Gasteiger partial charge in [-0.2, -0.15) is 5.26 Å². The Bertz CT molecular complexity index is 193. The van der Waals surface area contributed by atoms with Crippen LogP contribution in [-0.4, -0.2) is 0 Å². The molecule has 0 saturated heterocycles. The molecule has 0 aromatic rings. The van der Waals surface area contributed by atoms with Gasteiger partial charge in [0.2, 0.25) is 0 Å². The van der Waals surface area contributed by atoms with Gasteiger partial charge in [0.25, 0.3) is 0 Å². The highest BCUT2D eigenvalue weighted by Crippen LogP contribution is 2.14. The summed E-state index contributed by atoms with van der Waals surface area (Å²) in [5, 5.41) is 8.73. The number of hydrogen-bond donors (Lipinski definition) is 0. The van der Waals surface area contributed by atoms with E-state index in [0.29, 0.717) is 0 Å². The summed E-state index contributed by atoms with van der Waals surface area (Å²) >= 11 is 0. The van der Waals surface area contributed by atoms with E-state index in [-0.39, 0.29) is 5.92 Å². The molecular formula is C10H15N. The Morgan fingerprint density at radius 3 is 2.45 bits per heavy atom. The Morgan fingerprint density at radius 1 is 1.55 bits per heavy atom. The number of rotatable bonds is 3. The maximum atomic E-state index is 8.73. The third kappa shape index (κ3) is 3.04. The van der Waals surface area contributed by atoms with Gasteiger partial charge in [-0.15, -0.1) is 0 Å². The van der Waals surface area contributed by atoms with Crippen LogP contribution in [0.25, 0.3) is 0 Å². The number of hydrogen-bond acceptors (Lipinski definition) is 1. The van der Waals surface area contributed by atoms with Gasteiger partial charge in [0.1, 0.15) is 0 Å². The molecule has 0 rings (SSSR count). The summed E-state index contributed by atoms with van der Waals surface area (Å²) in [5.74, 6) is 0.0659. The van der Waals surface area contributed by atoms with Gasteiger partial charge in [-0.3, -0.25) is 0 Å². The molecule has 0 aromatic heterocycles. The first-order chi connectivity index (χ1) is 5.29. The molecule has 0 spiro atoms. The largest absolute Gasteiger partial charge is 0.198 e. The lowest BCUT2D eigenvalue weighted by Crippen LogP contribution is -1.96. The first kappa shape index (κ1) is 9.97. The lowest BCUT2D eigenvalue weighted by Gasteiger charge is -2.05. The molecular weight excluding hydrogens is 134 g/mol. The predicted octanol–water partition coefficient (Wildman–Crippen LogP) is 3.06. The molecule has 1 nitrogen and oxygen atoms in total. The van der Waals surface area contributed by atoms with Crippen molar-refractivity contribution >= 4 is 0 Å². The van der Waals surface area contributed by atoms with Crippen LogP contribution < -0.4 is 0 Å². The summed E-state index contributed by atoms with van der Waals surface area (Å²) in [5.41, 5.74) is 1.12. The second-order valence-corrected chi connectivity index (χ2v) is 2.38. The van der Waals surface area contributed by atoms with Gasteiger partial charge in [0, 0.05) is 0 Å². The van der Waals surface area contributed by atoms with E-state index in [0.717, 1.165) is 12.0 Å². The molecule has 60 valence electrons. The van der Waals surface area contributed by atoms with Crippen LogP contribution >= 0.6 is 0 Å². The van der Waals surface area contributed by atoms with Crippen LogP contribution in [0.4, 0.5) is 0 Å². The van der Waals surface area contributed by atoms with E-state index >= 15 is 0 Å². The minimum Gasteiger partial charge on any atom is -0.198 e. The lowest BCUT2D eigenvalue weighted by atomic mass is 9.97. The maximum absolute atomic E-state index is 8.73. The third-order valence-electron chi connectivity index (χ3n) is 1.66. The van der Waals surface area contributed by atoms with E-state index in [2.05, 4.69) is 6.07 Å². The molecule has 1 unspecified atom stereocenters. The van der Waals surface area contributed by atoms with Crippen LogP contribution in [-0.2, 0) is 0 Å². The van der Waals surface area contributed by atoms with E-state index in [1.165, 1.54) is 0 Å². The Balaban J connectivity index is 4.39. The third-order valence-corrected chi connectivity index (χ3v) is 1.66. The van der Waals surface area contributed by atoms with E-state index < -0.39 is 0 Å². The van der Waals surface area contributed by atoms with Gasteiger partial charge in [0.05, 0.1) is 12.0 Å². The van der Waals surface area contributed by atoms with Gasteiger partial charge < -0.3 is 0 Å². The number of allylic oxidation sites excluding steroid dienone is 4. The first-order valence-electron chi connectivity index (χ1n) is 3.98. The van der Waals surface area contributed by atoms with Crippen molar-refractivity contribution in [1.29, 1.82) is 5.26 Å². The molecule has 0 aliphatic rings. The molecule has 0 bridgehead atoms. The van der Waals surface area contributed by atoms with Gasteiger partial charge in [-0.25, -0.2) is 0 Å². The summed E-state index contributed by atoms with van der Waals surface area (Å²) in [6.07, 6.45) is 6.85. The molecule has 11 heavy (non-hydrogen) atoms. The topological polar surface area (TPSA) is 23.8 Å². The van der Waals surface area contributed by atoms with Crippen molar-refractivity contribution < 1.29 is 0 Å². The van der Waals surface area contributed by atoms with E-state index in [9.17, 15) is 0 Å². The number of nitriles is 1. The zero-order valence-electron chi connectivity index (χ0n) is 7.46. The number of nitrogens with zero attached hydrogens (tertiary/aromatic N) is 1. The molecule has 0 amide bonds. The van der Waals surface area contributed by atoms with Crippen LogP contribution in [0.3, 0.4) is 0 Å². The van der Waals surface area contributed by atoms with Gasteiger partial charge in [0.15, 0.2) is 0 Å². The molecule has 0 fully saturated rings. The standard InChI is InChI=1S/C10H15N/c1-4-7-9(5-2)10(6-3)8-11/h4-5,7,10H,6H2,1-3H3/b7-4-,9-5+. The van der Waals surface area contributed by atoms with Crippen LogP contribution in [0.2, 0.25) is 0 Å². The minimum absolute atomic E-state index is 0.0659. The van der Waals surface area contributed by atoms with Crippen molar-refractivity contribution in [3.8, 4) is 6.07 Å². The molecule has 0 aliphatic heterocycles. The molecule has 0 aliphatic carbocycles. The van der Waals surface area contributed by atoms with Crippen LogP contribution in [0.15, 0.2) is 23.8 Å². The van der Waals surface area contributed by atoms with Crippen LogP contribution in [0.1, 0.15) is 27.2 Å². The molecule has 0 radical (unpaired) electrons. The summed E-state index contributed by atoms with van der Waals surface area (Å²) < 4.78 is 0. The summed E-state index contributed by atoms with van der Waals surface area (Å²) in [7, 11) is 0. The average molecular weight is 149 g/mol. The second-order valence-electron chi connectivity index (χ2n) is 2.38. The quantitative estimate of drug-likeness (QED) is 0.566. The van der Waals surface area contributed by atoms with Crippen LogP contribution in [0, 0.1) is 17.2 Å². The molecule has 0 saturated carbocycles. The zero-order chi connectivity index (χ0) is 8.69. The summed E-state index contributed by atoms with van der Waals surface area (Å²) in [4.78, 5) is 0. The Hall–Kier alpha value is -1.03. The van der Waals surface area contributed by atoms with Crippen molar-refractivity contribution in [2.75, 3.05) is 0 Å². The Labute approximate surface area is 69.0 Å². The predicted molar refractivity (Wildman–Crippen MR) is 48.0 cm³/mol. The molecule has 0 aromatic carbocycles. The van der Waals surface area contributed by atoms with Gasteiger partial charge in [-0.05, 0) is 25.8 Å². The summed E-state index contributed by atoms with van der Waals surface area (Å²) in [6.45, 7) is 5.96. The normalized spacial score (nSPS) is 14.9. The first-order valence-corrected chi connectivity index (χ1v) is 3.98. The molecule has 0 N–H and O–H groups in total. The lowest BCUT2D eigenvalue weighted by molar-refractivity contribution is 0.756. The van der Waals surface area contributed by atoms with Crippen molar-refractivity contribution in [2.45, 2.75) is 27.2 Å². The van der Waals surface area contributed by atoms with Gasteiger partial charge in [-0.1, -0.05) is 25.2 Å². The van der Waals surface area contributed by atoms with Crippen LogP contribution in [0.5, 0.6) is 0 Å². The fourth-order valence-corrected chi connectivity index (χ4v) is 1.01. The van der Waals surface area contributed by atoms with Crippen molar-refractivity contribution in [2.24, 2.45) is 5.92 Å². The van der Waals surface area contributed by atoms with Crippen molar-refractivity contribution in [3.05, 3.63) is 23.8 Å². The molecule has 1 atom stereocenters. The molecule has 1 heteroatoms. The fourth-order valence-electron chi connectivity index (χ4n) is 1.01. The van der Waals surface area contributed by atoms with E-state index in [1.807, 2.05) is 39.0 Å². The van der Waals surface area contributed by atoms with E-state index in [4.69, 9.17) is 5.26 Å². The SMILES string of the molecule is C/C=C\C(=C/C)C(C#N)CC. The van der Waals surface area contributed by atoms with Crippen molar-refractivity contribution in [3.63, 3.8) is 0 Å². The van der Waals surface area contributed by atoms with E-state index in [1.54, 1.807) is 0 Å². The summed E-state index contributed by atoms with van der Waals surface area (Å²) in [6, 6.07) is 2.27.